The molecule has 0 heterocycles. The molecule has 0 aromatic heterocycles. The Morgan fingerprint density at radius 2 is 0.575 bits per heavy atom. The molecule has 0 aliphatic rings. The van der Waals surface area contributed by atoms with Gasteiger partial charge in [-0.25, -0.2) is 0 Å². The maximum Gasteiger partial charge on any atom is 0.305 e. The summed E-state index contributed by atoms with van der Waals surface area (Å²) in [7, 11) is 0. The zero-order chi connectivity index (χ0) is 62.8. The number of hydrogen-bond acceptors (Lipinski definition) is 5. The number of rotatable bonds is 74. The van der Waals surface area contributed by atoms with Gasteiger partial charge in [0.1, 0.15) is 0 Å². The van der Waals surface area contributed by atoms with Gasteiger partial charge in [0.25, 0.3) is 0 Å². The molecular weight excluding hydrogens is 1070 g/mol. The van der Waals surface area contributed by atoms with Crippen LogP contribution in [-0.4, -0.2) is 47.4 Å². The molecule has 512 valence electrons. The second-order valence-corrected chi connectivity index (χ2v) is 27.0. The molecule has 6 nitrogen and oxygen atoms in total. The van der Waals surface area contributed by atoms with Gasteiger partial charge in [0.05, 0.1) is 25.4 Å². The summed E-state index contributed by atoms with van der Waals surface area (Å²) >= 11 is 0. The van der Waals surface area contributed by atoms with E-state index in [1.165, 1.54) is 353 Å². The number of aliphatic hydroxyl groups excluding tert-OH is 2. The molecule has 0 aliphatic heterocycles. The van der Waals surface area contributed by atoms with Gasteiger partial charge in [-0.15, -0.1) is 0 Å². The third-order valence-corrected chi connectivity index (χ3v) is 18.3. The minimum absolute atomic E-state index is 0.00477. The number of nitrogens with one attached hydrogen (secondary N) is 1. The van der Waals surface area contributed by atoms with E-state index in [9.17, 15) is 19.8 Å². The number of unbranched alkanes of at least 4 members (excludes halogenated alkanes) is 57. The highest BCUT2D eigenvalue weighted by atomic mass is 16.5. The molecule has 0 bridgehead atoms. The highest BCUT2D eigenvalue weighted by Gasteiger charge is 2.18. The summed E-state index contributed by atoms with van der Waals surface area (Å²) in [6, 6.07) is -0.630. The zero-order valence-electron chi connectivity index (χ0n) is 58.8. The molecule has 2 atom stereocenters. The molecule has 0 saturated heterocycles. The molecule has 0 fully saturated rings. The van der Waals surface area contributed by atoms with Crippen molar-refractivity contribution in [3.05, 3.63) is 48.6 Å². The first kappa shape index (κ1) is 84.8. The molecule has 1 amide bonds. The summed E-state index contributed by atoms with van der Waals surface area (Å²) in [6.45, 7) is 4.93. The quantitative estimate of drug-likeness (QED) is 0.0320. The van der Waals surface area contributed by atoms with E-state index in [1.807, 2.05) is 6.08 Å². The first-order valence-corrected chi connectivity index (χ1v) is 39.4. The molecule has 0 spiro atoms. The van der Waals surface area contributed by atoms with E-state index in [1.54, 1.807) is 6.08 Å². The van der Waals surface area contributed by atoms with Gasteiger partial charge in [-0.2, -0.15) is 0 Å². The summed E-state index contributed by atoms with van der Waals surface area (Å²) in [5, 5.41) is 23.3. The second-order valence-electron chi connectivity index (χ2n) is 27.0. The molecule has 0 radical (unpaired) electrons. The number of aliphatic hydroxyl groups is 2. The van der Waals surface area contributed by atoms with Crippen molar-refractivity contribution in [3.8, 4) is 0 Å². The number of ether oxygens (including phenoxy) is 1. The largest absolute Gasteiger partial charge is 0.466 e. The third kappa shape index (κ3) is 72.8. The van der Waals surface area contributed by atoms with Crippen LogP contribution in [0.2, 0.25) is 0 Å². The van der Waals surface area contributed by atoms with Crippen molar-refractivity contribution in [2.24, 2.45) is 0 Å². The first-order chi connectivity index (χ1) is 43.0. The standard InChI is InChI=1S/C81H153NO5/c1-3-5-7-9-11-13-15-17-19-20-21-22-23-31-34-37-40-43-46-49-53-57-61-65-69-73-79(84)78(77-83)82-80(85)74-70-66-62-58-54-50-47-44-41-38-35-32-29-27-25-24-26-28-30-33-36-39-42-45-48-52-56-60-64-68-72-76-87-81(86)75-71-67-63-59-55-51-18-16-14-12-10-8-6-4-2/h16,18,26,28,33,36,69,73,78-79,83-84H,3-15,17,19-25,27,29-32,34-35,37-68,70-72,74-77H2,1-2H3,(H,82,85)/b18-16-,28-26-,36-33-,73-69+. The number of amides is 1. The van der Waals surface area contributed by atoms with Crippen LogP contribution in [0, 0.1) is 0 Å². The Kier molecular flexibility index (Phi) is 74.4. The highest BCUT2D eigenvalue weighted by Crippen LogP contribution is 2.19. The minimum Gasteiger partial charge on any atom is -0.466 e. The summed E-state index contributed by atoms with van der Waals surface area (Å²) in [5.41, 5.74) is 0. The molecule has 6 heteroatoms. The average molecular weight is 1220 g/mol. The normalized spacial score (nSPS) is 12.7. The number of carbonyl (C=O) groups excluding carboxylic acids is 2. The van der Waals surface area contributed by atoms with E-state index < -0.39 is 12.1 Å². The predicted molar refractivity (Wildman–Crippen MR) is 384 cm³/mol. The van der Waals surface area contributed by atoms with Crippen LogP contribution in [0.25, 0.3) is 0 Å². The number of hydrogen-bond donors (Lipinski definition) is 3. The van der Waals surface area contributed by atoms with Gasteiger partial charge in [0, 0.05) is 12.8 Å². The number of esters is 1. The number of carbonyl (C=O) groups is 2. The van der Waals surface area contributed by atoms with Crippen molar-refractivity contribution in [2.75, 3.05) is 13.2 Å². The molecule has 0 aliphatic carbocycles. The van der Waals surface area contributed by atoms with Crippen molar-refractivity contribution in [3.63, 3.8) is 0 Å². The van der Waals surface area contributed by atoms with Crippen LogP contribution in [0.4, 0.5) is 0 Å². The zero-order valence-corrected chi connectivity index (χ0v) is 58.8. The average Bonchev–Trinajstić information content (AvgIpc) is 3.52. The molecule has 87 heavy (non-hydrogen) atoms. The van der Waals surface area contributed by atoms with Gasteiger partial charge in [-0.1, -0.05) is 377 Å². The van der Waals surface area contributed by atoms with E-state index in [-0.39, 0.29) is 18.5 Å². The second kappa shape index (κ2) is 76.3. The van der Waals surface area contributed by atoms with Gasteiger partial charge >= 0.3 is 5.97 Å². The lowest BCUT2D eigenvalue weighted by Crippen LogP contribution is -2.45. The molecular formula is C81H153NO5. The predicted octanol–water partition coefficient (Wildman–Crippen LogP) is 26.0. The van der Waals surface area contributed by atoms with Crippen molar-refractivity contribution in [2.45, 2.75) is 443 Å². The number of allylic oxidation sites excluding steroid dienone is 7. The van der Waals surface area contributed by atoms with Gasteiger partial charge in [-0.3, -0.25) is 9.59 Å². The van der Waals surface area contributed by atoms with Crippen molar-refractivity contribution in [1.82, 2.24) is 5.32 Å². The topological polar surface area (TPSA) is 95.9 Å². The summed E-state index contributed by atoms with van der Waals surface area (Å²) in [5.74, 6) is -0.0581. The fourth-order valence-corrected chi connectivity index (χ4v) is 12.3. The van der Waals surface area contributed by atoms with Crippen LogP contribution in [0.5, 0.6) is 0 Å². The van der Waals surface area contributed by atoms with Gasteiger partial charge in [-0.05, 0) is 89.9 Å². The summed E-state index contributed by atoms with van der Waals surface area (Å²) in [4.78, 5) is 24.6. The van der Waals surface area contributed by atoms with Crippen LogP contribution in [0.3, 0.4) is 0 Å². The Hall–Kier alpha value is -2.18. The van der Waals surface area contributed by atoms with Crippen molar-refractivity contribution >= 4 is 11.9 Å². The molecule has 0 saturated carbocycles. The summed E-state index contributed by atoms with van der Waals surface area (Å²) < 4.78 is 5.48. The fraction of sp³-hybridized carbons (Fsp3) is 0.877. The maximum absolute atomic E-state index is 12.6. The maximum atomic E-state index is 12.6. The molecule has 3 N–H and O–H groups in total. The van der Waals surface area contributed by atoms with E-state index in [0.717, 1.165) is 51.4 Å². The van der Waals surface area contributed by atoms with Crippen molar-refractivity contribution in [1.29, 1.82) is 0 Å². The lowest BCUT2D eigenvalue weighted by Gasteiger charge is -2.20. The Bertz CT molecular complexity index is 1450. The Morgan fingerprint density at radius 3 is 0.885 bits per heavy atom. The van der Waals surface area contributed by atoms with Crippen LogP contribution in [-0.2, 0) is 14.3 Å². The lowest BCUT2D eigenvalue weighted by molar-refractivity contribution is -0.143. The SMILES string of the molecule is CCCCCCC/C=C\CCCCCCCC(=O)OCCCCCCCCCCC/C=C\C/C=C\CCCCCCCCCCCCCCCCCC(=O)NC(CO)C(O)/C=C/CCCCCCCCCCCCCCCCCCCCCCCCC. The van der Waals surface area contributed by atoms with E-state index >= 15 is 0 Å². The van der Waals surface area contributed by atoms with E-state index in [4.69, 9.17) is 4.74 Å². The molecule has 0 aromatic carbocycles. The molecule has 2 unspecified atom stereocenters. The highest BCUT2D eigenvalue weighted by molar-refractivity contribution is 5.76. The van der Waals surface area contributed by atoms with Crippen LogP contribution >= 0.6 is 0 Å². The monoisotopic (exact) mass is 1220 g/mol. The van der Waals surface area contributed by atoms with Crippen molar-refractivity contribution < 1.29 is 24.5 Å². The van der Waals surface area contributed by atoms with Gasteiger partial charge in [0.2, 0.25) is 5.91 Å². The smallest absolute Gasteiger partial charge is 0.305 e. The Labute approximate surface area is 544 Å². The van der Waals surface area contributed by atoms with Gasteiger partial charge in [0.15, 0.2) is 0 Å². The summed E-state index contributed by atoms with van der Waals surface area (Å²) in [6.07, 6.45) is 101. The lowest BCUT2D eigenvalue weighted by atomic mass is 10.0. The van der Waals surface area contributed by atoms with Crippen LogP contribution < -0.4 is 5.32 Å². The van der Waals surface area contributed by atoms with Crippen LogP contribution in [0.15, 0.2) is 48.6 Å². The minimum atomic E-state index is -0.847. The molecule has 0 aromatic rings. The molecule has 0 rings (SSSR count). The van der Waals surface area contributed by atoms with E-state index in [0.29, 0.717) is 19.4 Å². The third-order valence-electron chi connectivity index (χ3n) is 18.3. The van der Waals surface area contributed by atoms with E-state index in [2.05, 4.69) is 55.6 Å². The van der Waals surface area contributed by atoms with Gasteiger partial charge < -0.3 is 20.3 Å². The fourth-order valence-electron chi connectivity index (χ4n) is 12.3. The Morgan fingerprint density at radius 1 is 0.322 bits per heavy atom. The Balaban J connectivity index is 3.42. The van der Waals surface area contributed by atoms with Crippen LogP contribution in [0.1, 0.15) is 431 Å². The first-order valence-electron chi connectivity index (χ1n) is 39.4.